The van der Waals surface area contributed by atoms with Crippen molar-refractivity contribution in [1.82, 2.24) is 14.9 Å². The molecule has 1 fully saturated rings. The second-order valence-corrected chi connectivity index (χ2v) is 12.3. The number of alkyl halides is 6. The van der Waals surface area contributed by atoms with Crippen LogP contribution in [-0.4, -0.2) is 54.3 Å². The number of nitrogens with one attached hydrogen (secondary N) is 1. The maximum Gasteiger partial charge on any atom is 0.400 e. The molecule has 0 spiro atoms. The fourth-order valence-electron chi connectivity index (χ4n) is 4.67. The van der Waals surface area contributed by atoms with Gasteiger partial charge in [0.05, 0.1) is 10.9 Å². The van der Waals surface area contributed by atoms with Gasteiger partial charge in [-0.15, -0.1) is 0 Å². The van der Waals surface area contributed by atoms with Crippen molar-refractivity contribution in [2.45, 2.75) is 63.1 Å². The van der Waals surface area contributed by atoms with Crippen molar-refractivity contribution in [2.75, 3.05) is 12.8 Å². The molecule has 0 radical (unpaired) electrons. The van der Waals surface area contributed by atoms with Crippen LogP contribution in [0.15, 0.2) is 18.2 Å². The van der Waals surface area contributed by atoms with Crippen molar-refractivity contribution in [3.05, 3.63) is 46.3 Å². The third-order valence-corrected chi connectivity index (χ3v) is 8.89. The summed E-state index contributed by atoms with van der Waals surface area (Å²) >= 11 is 6.35. The molecule has 1 saturated carbocycles. The van der Waals surface area contributed by atoms with E-state index in [1.807, 2.05) is 0 Å². The van der Waals surface area contributed by atoms with Crippen molar-refractivity contribution >= 4 is 27.3 Å². The monoisotopic (exact) mass is 605 g/mol. The number of aromatic nitrogens is 2. The number of hydrogen-bond donors (Lipinski definition) is 1. The van der Waals surface area contributed by atoms with Crippen LogP contribution in [0.5, 0.6) is 0 Å². The molecule has 3 rings (SSSR count). The average Bonchev–Trinajstić information content (AvgIpc) is 3.15. The van der Waals surface area contributed by atoms with Crippen LogP contribution in [0.25, 0.3) is 5.69 Å². The zero-order valence-corrected chi connectivity index (χ0v) is 22.5. The summed E-state index contributed by atoms with van der Waals surface area (Å²) in [6.45, 7) is 1.88. The number of nitrogens with zero attached hydrogens (tertiary/aromatic N) is 2. The highest BCUT2D eigenvalue weighted by molar-refractivity contribution is 7.91. The van der Waals surface area contributed by atoms with Crippen LogP contribution < -0.4 is 5.32 Å². The quantitative estimate of drug-likeness (QED) is 0.383. The summed E-state index contributed by atoms with van der Waals surface area (Å²) in [5.74, 6) is -5.27. The second kappa shape index (κ2) is 11.6. The number of imidazole rings is 1. The van der Waals surface area contributed by atoms with Crippen molar-refractivity contribution in [3.8, 4) is 5.69 Å². The Labute approximate surface area is 225 Å². The summed E-state index contributed by atoms with van der Waals surface area (Å²) in [6.07, 6.45) is -9.09. The molecule has 1 N–H and O–H groups in total. The molecule has 1 aliphatic carbocycles. The van der Waals surface area contributed by atoms with Gasteiger partial charge in [-0.1, -0.05) is 24.6 Å². The average molecular weight is 606 g/mol. The molecule has 218 valence electrons. The van der Waals surface area contributed by atoms with Crippen molar-refractivity contribution in [1.29, 1.82) is 0 Å². The molecule has 39 heavy (non-hydrogen) atoms. The van der Waals surface area contributed by atoms with Crippen LogP contribution in [0.3, 0.4) is 0 Å². The first kappa shape index (κ1) is 31.2. The van der Waals surface area contributed by atoms with Gasteiger partial charge in [-0.2, -0.15) is 26.3 Å². The molecular formula is C24H27ClF7N3O3S. The topological polar surface area (TPSA) is 81.1 Å². The Balaban J connectivity index is 1.78. The van der Waals surface area contributed by atoms with E-state index in [-0.39, 0.29) is 41.2 Å². The lowest BCUT2D eigenvalue weighted by Crippen LogP contribution is -2.38. The summed E-state index contributed by atoms with van der Waals surface area (Å²) < 4.78 is 117. The van der Waals surface area contributed by atoms with E-state index in [0.29, 0.717) is 31.7 Å². The summed E-state index contributed by atoms with van der Waals surface area (Å²) in [5.41, 5.74) is -1.04. The standard InChI is InChI=1S/C24H27ClF7N3O3S/c1-3-19-34-20(22(36)33-12-13-4-7-15(8-5-13)39(2,37)38)21(25)35(19)17-9-6-14(10-16(17)26)11-18(23(27,28)29)24(30,31)32/h6,9-10,13,15,18H,3-5,7-8,11-12H2,1-2H3,(H,33,36)/t13-,15-. The van der Waals surface area contributed by atoms with Crippen LogP contribution >= 0.6 is 11.6 Å². The second-order valence-electron chi connectivity index (χ2n) is 9.66. The molecule has 1 aromatic heterocycles. The SMILES string of the molecule is CCc1nc(C(=O)NC[C@H]2CC[C@H](S(C)(=O)=O)CC2)c(Cl)n1-c1ccc(CC(C(F)(F)F)C(F)(F)F)cc1F. The first-order valence-corrected chi connectivity index (χ1v) is 14.4. The third-order valence-electron chi connectivity index (χ3n) is 6.86. The summed E-state index contributed by atoms with van der Waals surface area (Å²) in [5, 5.41) is 2.01. The fourth-order valence-corrected chi connectivity index (χ4v) is 6.11. The fraction of sp³-hybridized carbons (Fsp3) is 0.583. The molecule has 1 aromatic carbocycles. The molecule has 6 nitrogen and oxygen atoms in total. The van der Waals surface area contributed by atoms with Gasteiger partial charge in [0.2, 0.25) is 0 Å². The number of rotatable bonds is 8. The molecule has 0 saturated heterocycles. The third kappa shape index (κ3) is 7.44. The highest BCUT2D eigenvalue weighted by Crippen LogP contribution is 2.41. The zero-order chi connectivity index (χ0) is 29.3. The number of benzene rings is 1. The normalized spacial score (nSPS) is 18.9. The minimum atomic E-state index is -5.56. The van der Waals surface area contributed by atoms with E-state index in [1.165, 1.54) is 6.26 Å². The van der Waals surface area contributed by atoms with Crippen LogP contribution in [-0.2, 0) is 22.7 Å². The van der Waals surface area contributed by atoms with Gasteiger partial charge in [0, 0.05) is 19.2 Å². The minimum Gasteiger partial charge on any atom is -0.350 e. The number of aryl methyl sites for hydroxylation is 1. The first-order chi connectivity index (χ1) is 17.9. The molecule has 0 bridgehead atoms. The summed E-state index contributed by atoms with van der Waals surface area (Å²) in [6, 6.07) is 2.50. The van der Waals surface area contributed by atoms with E-state index in [9.17, 15) is 43.9 Å². The maximum atomic E-state index is 15.0. The van der Waals surface area contributed by atoms with Crippen molar-refractivity contribution in [3.63, 3.8) is 0 Å². The van der Waals surface area contributed by atoms with Crippen LogP contribution in [0, 0.1) is 17.7 Å². The van der Waals surface area contributed by atoms with Gasteiger partial charge < -0.3 is 5.32 Å². The van der Waals surface area contributed by atoms with Gasteiger partial charge >= 0.3 is 12.4 Å². The molecule has 0 unspecified atom stereocenters. The Morgan fingerprint density at radius 2 is 1.72 bits per heavy atom. The molecule has 2 aromatic rings. The summed E-state index contributed by atoms with van der Waals surface area (Å²) in [4.78, 5) is 17.0. The molecule has 1 aliphatic rings. The highest BCUT2D eigenvalue weighted by Gasteiger charge is 2.56. The smallest absolute Gasteiger partial charge is 0.350 e. The minimum absolute atomic E-state index is 0.0423. The molecule has 0 atom stereocenters. The lowest BCUT2D eigenvalue weighted by molar-refractivity contribution is -0.283. The number of halogens is 8. The predicted molar refractivity (Wildman–Crippen MR) is 130 cm³/mol. The van der Waals surface area contributed by atoms with Gasteiger partial charge in [-0.05, 0) is 55.7 Å². The Kier molecular flexibility index (Phi) is 9.30. The largest absolute Gasteiger partial charge is 0.400 e. The van der Waals surface area contributed by atoms with Gasteiger partial charge in [-0.3, -0.25) is 9.36 Å². The molecular weight excluding hydrogens is 579 g/mol. The molecule has 0 aliphatic heterocycles. The number of amides is 1. The predicted octanol–water partition coefficient (Wildman–Crippen LogP) is 5.84. The van der Waals surface area contributed by atoms with E-state index in [4.69, 9.17) is 11.6 Å². The lowest BCUT2D eigenvalue weighted by atomic mass is 9.89. The molecule has 1 amide bonds. The van der Waals surface area contributed by atoms with Gasteiger partial charge in [0.25, 0.3) is 5.91 Å². The van der Waals surface area contributed by atoms with Crippen molar-refractivity contribution in [2.24, 2.45) is 11.8 Å². The van der Waals surface area contributed by atoms with Crippen LogP contribution in [0.4, 0.5) is 30.7 Å². The lowest BCUT2D eigenvalue weighted by Gasteiger charge is -2.27. The van der Waals surface area contributed by atoms with E-state index in [2.05, 4.69) is 10.3 Å². The maximum absolute atomic E-state index is 15.0. The van der Waals surface area contributed by atoms with Crippen LogP contribution in [0.1, 0.15) is 54.5 Å². The van der Waals surface area contributed by atoms with Gasteiger partial charge in [0.15, 0.2) is 11.6 Å². The number of sulfone groups is 1. The van der Waals surface area contributed by atoms with Crippen molar-refractivity contribution < 1.29 is 43.9 Å². The van der Waals surface area contributed by atoms with E-state index in [1.54, 1.807) is 6.92 Å². The summed E-state index contributed by atoms with van der Waals surface area (Å²) in [7, 11) is -3.13. The molecule has 15 heteroatoms. The number of carbonyl (C=O) groups is 1. The Morgan fingerprint density at radius 3 is 2.21 bits per heavy atom. The van der Waals surface area contributed by atoms with Gasteiger partial charge in [0.1, 0.15) is 26.6 Å². The zero-order valence-electron chi connectivity index (χ0n) is 21.0. The number of hydrogen-bond acceptors (Lipinski definition) is 4. The number of carbonyl (C=O) groups excluding carboxylic acids is 1. The van der Waals surface area contributed by atoms with E-state index in [0.717, 1.165) is 16.7 Å². The van der Waals surface area contributed by atoms with E-state index < -0.39 is 57.1 Å². The Hall–Kier alpha value is -2.35. The first-order valence-electron chi connectivity index (χ1n) is 12.1. The van der Waals surface area contributed by atoms with Crippen LogP contribution in [0.2, 0.25) is 5.15 Å². The van der Waals surface area contributed by atoms with E-state index >= 15 is 0 Å². The highest BCUT2D eigenvalue weighted by atomic mass is 35.5. The Bertz CT molecular complexity index is 1290. The molecule has 1 heterocycles. The Morgan fingerprint density at radius 1 is 1.13 bits per heavy atom. The van der Waals surface area contributed by atoms with Gasteiger partial charge in [-0.25, -0.2) is 17.8 Å².